The third-order valence-corrected chi connectivity index (χ3v) is 15.3. The predicted molar refractivity (Wildman–Crippen MR) is 152 cm³/mol. The summed E-state index contributed by atoms with van der Waals surface area (Å²) in [5.74, 6) is -0.938. The SMILES string of the molecule is Cc1ccc([S@@+]([O-])NC(CC(=O)O)c2cccc(-c3ccn([Si](C(C)C)(C(C)C)C(C)C)c3)c2)cc1. The summed E-state index contributed by atoms with van der Waals surface area (Å²) in [6.45, 7) is 16.1. The number of hydrogen-bond acceptors (Lipinski definition) is 3. The molecule has 36 heavy (non-hydrogen) atoms. The maximum Gasteiger partial charge on any atom is 0.305 e. The lowest BCUT2D eigenvalue weighted by Gasteiger charge is -2.44. The second-order valence-electron chi connectivity index (χ2n) is 10.6. The van der Waals surface area contributed by atoms with Crippen LogP contribution < -0.4 is 4.72 Å². The largest absolute Gasteiger partial charge is 0.593 e. The fourth-order valence-corrected chi connectivity index (χ4v) is 13.4. The van der Waals surface area contributed by atoms with Gasteiger partial charge in [0.05, 0.1) is 23.8 Å². The molecule has 0 saturated carbocycles. The van der Waals surface area contributed by atoms with Gasteiger partial charge >= 0.3 is 5.97 Å². The van der Waals surface area contributed by atoms with Gasteiger partial charge in [0, 0.05) is 6.20 Å². The average Bonchev–Trinajstić information content (AvgIpc) is 3.28. The summed E-state index contributed by atoms with van der Waals surface area (Å²) in [4.78, 5) is 12.3. The van der Waals surface area contributed by atoms with Crippen LogP contribution >= 0.6 is 0 Å². The second-order valence-corrected chi connectivity index (χ2v) is 17.6. The van der Waals surface area contributed by atoms with Crippen LogP contribution in [-0.2, 0) is 16.2 Å². The quantitative estimate of drug-likeness (QED) is 0.204. The number of nitrogens with one attached hydrogen (secondary N) is 1. The first-order chi connectivity index (χ1) is 17.0. The fourth-order valence-electron chi connectivity index (χ4n) is 5.90. The van der Waals surface area contributed by atoms with Gasteiger partial charge in [-0.3, -0.25) is 4.79 Å². The highest BCUT2D eigenvalue weighted by molar-refractivity contribution is 7.89. The highest BCUT2D eigenvalue weighted by atomic mass is 32.2. The summed E-state index contributed by atoms with van der Waals surface area (Å²) in [5.41, 5.74) is 5.80. The van der Waals surface area contributed by atoms with E-state index >= 15 is 0 Å². The lowest BCUT2D eigenvalue weighted by atomic mass is 10.00. The molecule has 0 aliphatic rings. The Morgan fingerprint density at radius 1 is 0.972 bits per heavy atom. The molecule has 194 valence electrons. The van der Waals surface area contributed by atoms with E-state index < -0.39 is 31.6 Å². The van der Waals surface area contributed by atoms with Gasteiger partial charge in [-0.15, -0.1) is 4.72 Å². The van der Waals surface area contributed by atoms with E-state index in [9.17, 15) is 14.5 Å². The number of hydrogen-bond donors (Lipinski definition) is 2. The molecule has 5 nitrogen and oxygen atoms in total. The Bertz CT molecular complexity index is 1140. The van der Waals surface area contributed by atoms with Gasteiger partial charge in [0.2, 0.25) is 0 Å². The molecule has 0 spiro atoms. The Morgan fingerprint density at radius 3 is 2.14 bits per heavy atom. The van der Waals surface area contributed by atoms with Crippen LogP contribution in [0.3, 0.4) is 0 Å². The zero-order chi connectivity index (χ0) is 26.6. The molecule has 0 aliphatic heterocycles. The van der Waals surface area contributed by atoms with Crippen molar-refractivity contribution >= 4 is 25.6 Å². The molecule has 0 radical (unpaired) electrons. The minimum atomic E-state index is -1.85. The molecule has 0 amide bonds. The molecule has 0 bridgehead atoms. The van der Waals surface area contributed by atoms with E-state index in [0.29, 0.717) is 21.5 Å². The lowest BCUT2D eigenvalue weighted by molar-refractivity contribution is -0.137. The number of aliphatic carboxylic acids is 1. The monoisotopic (exact) mass is 524 g/mol. The zero-order valence-electron chi connectivity index (χ0n) is 22.5. The van der Waals surface area contributed by atoms with E-state index in [4.69, 9.17) is 0 Å². The topological polar surface area (TPSA) is 77.3 Å². The first-order valence-corrected chi connectivity index (χ1v) is 16.0. The maximum atomic E-state index is 13.0. The minimum Gasteiger partial charge on any atom is -0.593 e. The van der Waals surface area contributed by atoms with Crippen molar-refractivity contribution in [1.29, 1.82) is 0 Å². The normalized spacial score (nSPS) is 14.0. The van der Waals surface area contributed by atoms with Gasteiger partial charge < -0.3 is 13.9 Å². The van der Waals surface area contributed by atoms with E-state index in [1.165, 1.54) is 0 Å². The summed E-state index contributed by atoms with van der Waals surface area (Å²) in [6, 6.07) is 16.9. The van der Waals surface area contributed by atoms with Crippen molar-refractivity contribution in [3.05, 3.63) is 78.1 Å². The predicted octanol–water partition coefficient (Wildman–Crippen LogP) is 7.32. The molecular formula is C29H40N2O3SSi. The van der Waals surface area contributed by atoms with Crippen molar-refractivity contribution in [1.82, 2.24) is 8.95 Å². The summed E-state index contributed by atoms with van der Waals surface area (Å²) < 4.78 is 18.5. The average molecular weight is 525 g/mol. The highest BCUT2D eigenvalue weighted by Crippen LogP contribution is 2.43. The molecule has 0 fully saturated rings. The number of carboxylic acids is 1. The van der Waals surface area contributed by atoms with Gasteiger partial charge in [-0.1, -0.05) is 77.4 Å². The number of aryl methyl sites for hydroxylation is 1. The summed E-state index contributed by atoms with van der Waals surface area (Å²) in [6.07, 6.45) is 4.34. The summed E-state index contributed by atoms with van der Waals surface area (Å²) in [5, 5.41) is 9.56. The van der Waals surface area contributed by atoms with Crippen LogP contribution in [0.25, 0.3) is 11.1 Å². The van der Waals surface area contributed by atoms with Crippen molar-refractivity contribution in [2.45, 2.75) is 82.4 Å². The van der Waals surface area contributed by atoms with Crippen LogP contribution in [0.2, 0.25) is 16.6 Å². The molecule has 2 aromatic carbocycles. The zero-order valence-corrected chi connectivity index (χ0v) is 24.3. The van der Waals surface area contributed by atoms with Gasteiger partial charge in [-0.25, -0.2) is 0 Å². The van der Waals surface area contributed by atoms with Crippen LogP contribution in [0.15, 0.2) is 71.9 Å². The third-order valence-electron chi connectivity index (χ3n) is 7.40. The van der Waals surface area contributed by atoms with E-state index in [1.807, 2.05) is 49.4 Å². The van der Waals surface area contributed by atoms with E-state index in [0.717, 1.165) is 22.3 Å². The van der Waals surface area contributed by atoms with Crippen LogP contribution in [0.1, 0.15) is 65.1 Å². The number of rotatable bonds is 11. The molecule has 1 unspecified atom stereocenters. The smallest absolute Gasteiger partial charge is 0.305 e. The molecule has 3 aromatic rings. The van der Waals surface area contributed by atoms with E-state index in [1.54, 1.807) is 0 Å². The third kappa shape index (κ3) is 5.97. The van der Waals surface area contributed by atoms with Gasteiger partial charge in [0.15, 0.2) is 13.1 Å². The van der Waals surface area contributed by atoms with Gasteiger partial charge in [-0.05, 0) is 70.7 Å². The Hall–Kier alpha value is -2.32. The van der Waals surface area contributed by atoms with Crippen LogP contribution in [0.4, 0.5) is 0 Å². The molecule has 1 heterocycles. The van der Waals surface area contributed by atoms with Crippen molar-refractivity contribution in [2.24, 2.45) is 0 Å². The van der Waals surface area contributed by atoms with Crippen molar-refractivity contribution in [3.63, 3.8) is 0 Å². The molecular weight excluding hydrogens is 484 g/mol. The number of carboxylic acid groups (broad SMARTS) is 1. The fraction of sp³-hybridized carbons (Fsp3) is 0.414. The molecule has 1 aromatic heterocycles. The van der Waals surface area contributed by atoms with Gasteiger partial charge in [0.25, 0.3) is 0 Å². The van der Waals surface area contributed by atoms with Gasteiger partial charge in [0.1, 0.15) is 0 Å². The van der Waals surface area contributed by atoms with E-state index in [-0.39, 0.29) is 6.42 Å². The summed E-state index contributed by atoms with van der Waals surface area (Å²) >= 11 is -1.53. The van der Waals surface area contributed by atoms with Crippen LogP contribution in [-0.4, -0.2) is 28.1 Å². The molecule has 0 saturated heterocycles. The maximum absolute atomic E-state index is 13.0. The molecule has 7 heteroatoms. The Morgan fingerprint density at radius 2 is 1.58 bits per heavy atom. The van der Waals surface area contributed by atoms with Crippen molar-refractivity contribution in [3.8, 4) is 11.1 Å². The molecule has 2 N–H and O–H groups in total. The first kappa shape index (κ1) is 28.3. The number of aromatic nitrogens is 1. The molecule has 0 aliphatic carbocycles. The number of carbonyl (C=O) groups is 1. The number of benzene rings is 2. The van der Waals surface area contributed by atoms with Gasteiger partial charge in [-0.2, -0.15) is 0 Å². The second kappa shape index (κ2) is 11.8. The first-order valence-electron chi connectivity index (χ1n) is 12.7. The summed E-state index contributed by atoms with van der Waals surface area (Å²) in [7, 11) is -1.85. The molecule has 2 atom stereocenters. The minimum absolute atomic E-state index is 0.161. The van der Waals surface area contributed by atoms with Crippen LogP contribution in [0, 0.1) is 6.92 Å². The lowest BCUT2D eigenvalue weighted by Crippen LogP contribution is -2.51. The van der Waals surface area contributed by atoms with E-state index in [2.05, 4.69) is 75.0 Å². The van der Waals surface area contributed by atoms with Crippen molar-refractivity contribution < 1.29 is 14.5 Å². The van der Waals surface area contributed by atoms with Crippen molar-refractivity contribution in [2.75, 3.05) is 0 Å². The Balaban J connectivity index is 1.94. The highest BCUT2D eigenvalue weighted by Gasteiger charge is 2.45. The molecule has 3 rings (SSSR count). The Kier molecular flexibility index (Phi) is 9.27. The number of nitrogens with zero attached hydrogens (tertiary/aromatic N) is 1. The Labute approximate surface area is 220 Å². The standard InChI is InChI=1S/C29H40N2O3SSi/c1-20(2)36(21(3)4,22(5)6)31-16-15-26(19-31)24-9-8-10-25(17-24)28(18-29(32)33)30-35(34)27-13-11-23(7)12-14-27/h8-17,19-22,28,30H,18H2,1-7H3,(H,32,33)/t28?,35-/m1/s1. The van der Waals surface area contributed by atoms with Crippen LogP contribution in [0.5, 0.6) is 0 Å².